The van der Waals surface area contributed by atoms with Crippen LogP contribution >= 0.6 is 0 Å². The van der Waals surface area contributed by atoms with Gasteiger partial charge >= 0.3 is 0 Å². The van der Waals surface area contributed by atoms with Crippen LogP contribution in [0.4, 0.5) is 0 Å². The quantitative estimate of drug-likeness (QED) is 0.702. The van der Waals surface area contributed by atoms with Gasteiger partial charge < -0.3 is 24.8 Å². The van der Waals surface area contributed by atoms with Crippen LogP contribution in [0.25, 0.3) is 0 Å². The molecule has 6 nitrogen and oxygen atoms in total. The van der Waals surface area contributed by atoms with E-state index in [9.17, 15) is 4.79 Å². The highest BCUT2D eigenvalue weighted by Gasteiger charge is 2.20. The van der Waals surface area contributed by atoms with E-state index in [1.165, 1.54) is 5.56 Å². The SMILES string of the molecule is CCOc1cc(CCCNC(=O)C2COCCN2)ccc1OC. The zero-order valence-corrected chi connectivity index (χ0v) is 13.9. The lowest BCUT2D eigenvalue weighted by Crippen LogP contribution is -2.51. The van der Waals surface area contributed by atoms with Gasteiger partial charge in [0.2, 0.25) is 5.91 Å². The van der Waals surface area contributed by atoms with Crippen LogP contribution in [0.1, 0.15) is 18.9 Å². The monoisotopic (exact) mass is 322 g/mol. The molecule has 1 atom stereocenters. The third-order valence-corrected chi connectivity index (χ3v) is 3.71. The molecular formula is C17H26N2O4. The van der Waals surface area contributed by atoms with Crippen LogP contribution < -0.4 is 20.1 Å². The Morgan fingerprint density at radius 1 is 1.43 bits per heavy atom. The third-order valence-electron chi connectivity index (χ3n) is 3.71. The molecule has 1 heterocycles. The van der Waals surface area contributed by atoms with E-state index < -0.39 is 0 Å². The van der Waals surface area contributed by atoms with Crippen molar-refractivity contribution in [2.24, 2.45) is 0 Å². The second kappa shape index (κ2) is 9.37. The summed E-state index contributed by atoms with van der Waals surface area (Å²) in [5, 5.41) is 6.09. The molecule has 1 saturated heterocycles. The Morgan fingerprint density at radius 3 is 3.00 bits per heavy atom. The molecule has 1 amide bonds. The summed E-state index contributed by atoms with van der Waals surface area (Å²) in [6, 6.07) is 5.72. The van der Waals surface area contributed by atoms with Crippen molar-refractivity contribution in [3.63, 3.8) is 0 Å². The summed E-state index contributed by atoms with van der Waals surface area (Å²) in [6.45, 7) is 5.04. The third kappa shape index (κ3) is 5.41. The van der Waals surface area contributed by atoms with Gasteiger partial charge in [0.1, 0.15) is 6.04 Å². The first-order chi connectivity index (χ1) is 11.2. The first kappa shape index (κ1) is 17.6. The van der Waals surface area contributed by atoms with E-state index in [0.717, 1.165) is 30.9 Å². The number of rotatable bonds is 8. The standard InChI is InChI=1S/C17H26N2O4/c1-3-23-16-11-13(6-7-15(16)21-2)5-4-8-19-17(20)14-12-22-10-9-18-14/h6-7,11,14,18H,3-5,8-10,12H2,1-2H3,(H,19,20). The summed E-state index contributed by atoms with van der Waals surface area (Å²) in [5.41, 5.74) is 1.17. The molecule has 0 bridgehead atoms. The lowest BCUT2D eigenvalue weighted by molar-refractivity contribution is -0.125. The fourth-order valence-corrected chi connectivity index (χ4v) is 2.51. The van der Waals surface area contributed by atoms with Crippen LogP contribution in [0.5, 0.6) is 11.5 Å². The predicted molar refractivity (Wildman–Crippen MR) is 88.1 cm³/mol. The van der Waals surface area contributed by atoms with Crippen molar-refractivity contribution in [3.05, 3.63) is 23.8 Å². The molecule has 1 aromatic rings. The van der Waals surface area contributed by atoms with E-state index in [0.29, 0.717) is 26.4 Å². The molecule has 2 N–H and O–H groups in total. The van der Waals surface area contributed by atoms with E-state index in [-0.39, 0.29) is 11.9 Å². The van der Waals surface area contributed by atoms with Crippen molar-refractivity contribution in [3.8, 4) is 11.5 Å². The number of hydrogen-bond donors (Lipinski definition) is 2. The molecule has 128 valence electrons. The Labute approximate surface area is 137 Å². The number of aryl methyl sites for hydroxylation is 1. The van der Waals surface area contributed by atoms with E-state index in [1.54, 1.807) is 7.11 Å². The van der Waals surface area contributed by atoms with Gasteiger partial charge in [0.15, 0.2) is 11.5 Å². The van der Waals surface area contributed by atoms with Crippen LogP contribution in [0.2, 0.25) is 0 Å². The van der Waals surface area contributed by atoms with Crippen LogP contribution in [0, 0.1) is 0 Å². The van der Waals surface area contributed by atoms with Crippen molar-refractivity contribution < 1.29 is 19.0 Å². The van der Waals surface area contributed by atoms with Crippen LogP contribution in [0.15, 0.2) is 18.2 Å². The summed E-state index contributed by atoms with van der Waals surface area (Å²) < 4.78 is 16.1. The summed E-state index contributed by atoms with van der Waals surface area (Å²) in [6.07, 6.45) is 1.75. The fraction of sp³-hybridized carbons (Fsp3) is 0.588. The van der Waals surface area contributed by atoms with Crippen LogP contribution in [-0.4, -0.2) is 52.0 Å². The van der Waals surface area contributed by atoms with Gasteiger partial charge in [-0.05, 0) is 37.5 Å². The molecule has 6 heteroatoms. The maximum atomic E-state index is 11.9. The summed E-state index contributed by atoms with van der Waals surface area (Å²) in [4.78, 5) is 11.9. The van der Waals surface area contributed by atoms with Crippen molar-refractivity contribution in [1.82, 2.24) is 10.6 Å². The number of hydrogen-bond acceptors (Lipinski definition) is 5. The zero-order chi connectivity index (χ0) is 16.5. The molecule has 1 aliphatic rings. The first-order valence-electron chi connectivity index (χ1n) is 8.13. The average molecular weight is 322 g/mol. The molecular weight excluding hydrogens is 296 g/mol. The number of methoxy groups -OCH3 is 1. The molecule has 23 heavy (non-hydrogen) atoms. The highest BCUT2D eigenvalue weighted by Crippen LogP contribution is 2.28. The number of amides is 1. The van der Waals surface area contributed by atoms with Crippen molar-refractivity contribution in [2.45, 2.75) is 25.8 Å². The van der Waals surface area contributed by atoms with Gasteiger partial charge in [-0.3, -0.25) is 4.79 Å². The maximum Gasteiger partial charge on any atom is 0.239 e. The fourth-order valence-electron chi connectivity index (χ4n) is 2.51. The number of carbonyl (C=O) groups excluding carboxylic acids is 1. The molecule has 0 saturated carbocycles. The highest BCUT2D eigenvalue weighted by molar-refractivity contribution is 5.81. The number of ether oxygens (including phenoxy) is 3. The normalized spacial score (nSPS) is 17.6. The molecule has 0 radical (unpaired) electrons. The van der Waals surface area contributed by atoms with Crippen molar-refractivity contribution in [2.75, 3.05) is 40.0 Å². The van der Waals surface area contributed by atoms with E-state index in [1.807, 2.05) is 25.1 Å². The Balaban J connectivity index is 1.75. The lowest BCUT2D eigenvalue weighted by Gasteiger charge is -2.22. The smallest absolute Gasteiger partial charge is 0.239 e. The minimum Gasteiger partial charge on any atom is -0.493 e. The van der Waals surface area contributed by atoms with E-state index in [2.05, 4.69) is 10.6 Å². The van der Waals surface area contributed by atoms with Gasteiger partial charge in [0.25, 0.3) is 0 Å². The highest BCUT2D eigenvalue weighted by atomic mass is 16.5. The van der Waals surface area contributed by atoms with Crippen molar-refractivity contribution in [1.29, 1.82) is 0 Å². The number of carbonyl (C=O) groups is 1. The molecule has 2 rings (SSSR count). The minimum atomic E-state index is -0.228. The van der Waals surface area contributed by atoms with E-state index >= 15 is 0 Å². The van der Waals surface area contributed by atoms with Crippen molar-refractivity contribution >= 4 is 5.91 Å². The molecule has 0 aliphatic carbocycles. The van der Waals surface area contributed by atoms with Gasteiger partial charge in [0.05, 0.1) is 26.9 Å². The van der Waals surface area contributed by atoms with Gasteiger partial charge in [-0.25, -0.2) is 0 Å². The second-order valence-corrected chi connectivity index (χ2v) is 5.39. The molecule has 1 aliphatic heterocycles. The van der Waals surface area contributed by atoms with Gasteiger partial charge in [-0.1, -0.05) is 6.07 Å². The first-order valence-corrected chi connectivity index (χ1v) is 8.13. The summed E-state index contributed by atoms with van der Waals surface area (Å²) >= 11 is 0. The Morgan fingerprint density at radius 2 is 2.30 bits per heavy atom. The number of morpholine rings is 1. The number of benzene rings is 1. The number of nitrogens with one attached hydrogen (secondary N) is 2. The van der Waals surface area contributed by atoms with Crippen LogP contribution in [-0.2, 0) is 16.0 Å². The summed E-state index contributed by atoms with van der Waals surface area (Å²) in [5.74, 6) is 1.52. The second-order valence-electron chi connectivity index (χ2n) is 5.39. The minimum absolute atomic E-state index is 0.00874. The maximum absolute atomic E-state index is 11.9. The molecule has 1 fully saturated rings. The molecule has 1 unspecified atom stereocenters. The van der Waals surface area contributed by atoms with Gasteiger partial charge in [0, 0.05) is 13.1 Å². The Hall–Kier alpha value is -1.79. The van der Waals surface area contributed by atoms with E-state index in [4.69, 9.17) is 14.2 Å². The topological polar surface area (TPSA) is 68.8 Å². The molecule has 0 aromatic heterocycles. The molecule has 0 spiro atoms. The Kier molecular flexibility index (Phi) is 7.16. The summed E-state index contributed by atoms with van der Waals surface area (Å²) in [7, 11) is 1.63. The lowest BCUT2D eigenvalue weighted by atomic mass is 10.1. The Bertz CT molecular complexity index is 501. The van der Waals surface area contributed by atoms with Gasteiger partial charge in [-0.15, -0.1) is 0 Å². The predicted octanol–water partition coefficient (Wildman–Crippen LogP) is 1.13. The largest absolute Gasteiger partial charge is 0.493 e. The van der Waals surface area contributed by atoms with Gasteiger partial charge in [-0.2, -0.15) is 0 Å². The average Bonchev–Trinajstić information content (AvgIpc) is 2.60. The van der Waals surface area contributed by atoms with Crippen LogP contribution in [0.3, 0.4) is 0 Å². The molecule has 1 aromatic carbocycles. The zero-order valence-electron chi connectivity index (χ0n) is 13.9.